The zero-order valence-electron chi connectivity index (χ0n) is 14.3. The van der Waals surface area contributed by atoms with Gasteiger partial charge in [0.25, 0.3) is 5.91 Å². The minimum absolute atomic E-state index is 0.263. The average Bonchev–Trinajstić information content (AvgIpc) is 2.57. The van der Waals surface area contributed by atoms with Crippen LogP contribution >= 0.6 is 0 Å². The molecule has 0 aliphatic rings. The quantitative estimate of drug-likeness (QED) is 0.854. The first kappa shape index (κ1) is 17.5. The molecule has 0 spiro atoms. The van der Waals surface area contributed by atoms with Crippen molar-refractivity contribution in [1.82, 2.24) is 0 Å². The number of amides is 1. The van der Waals surface area contributed by atoms with E-state index in [9.17, 15) is 9.59 Å². The van der Waals surface area contributed by atoms with Gasteiger partial charge in [0, 0.05) is 5.69 Å². The maximum atomic E-state index is 12.2. The fourth-order valence-electron chi connectivity index (χ4n) is 2.23. The number of carbonyl (C=O) groups excluding carboxylic acids is 2. The van der Waals surface area contributed by atoms with Crippen molar-refractivity contribution >= 4 is 17.6 Å². The Balaban J connectivity index is 1.99. The Morgan fingerprint density at radius 2 is 1.71 bits per heavy atom. The van der Waals surface area contributed by atoms with Gasteiger partial charge in [0.1, 0.15) is 5.75 Å². The fraction of sp³-hybridized carbons (Fsp3) is 0.263. The zero-order chi connectivity index (χ0) is 17.7. The van der Waals surface area contributed by atoms with Gasteiger partial charge in [-0.2, -0.15) is 0 Å². The molecule has 0 saturated heterocycles. The van der Waals surface area contributed by atoms with Gasteiger partial charge in [-0.15, -0.1) is 0 Å². The molecule has 0 fully saturated rings. The van der Waals surface area contributed by atoms with Crippen molar-refractivity contribution < 1.29 is 19.1 Å². The lowest BCUT2D eigenvalue weighted by Gasteiger charge is -2.16. The standard InChI is InChI=1S/C19H21NO4/c1-12-5-10-17(13(2)11-12)24-14(3)18(21)20-16-8-6-15(7-9-16)19(22)23-4/h5-11,14H,1-4H3,(H,20,21). The molecule has 2 aromatic rings. The normalized spacial score (nSPS) is 11.5. The summed E-state index contributed by atoms with van der Waals surface area (Å²) in [6.07, 6.45) is -0.647. The van der Waals surface area contributed by atoms with E-state index in [1.807, 2.05) is 32.0 Å². The molecule has 2 aromatic carbocycles. The Morgan fingerprint density at radius 1 is 1.04 bits per heavy atom. The molecule has 0 saturated carbocycles. The molecule has 24 heavy (non-hydrogen) atoms. The van der Waals surface area contributed by atoms with Crippen LogP contribution in [-0.4, -0.2) is 25.1 Å². The van der Waals surface area contributed by atoms with Gasteiger partial charge in [0.2, 0.25) is 0 Å². The second-order valence-corrected chi connectivity index (χ2v) is 5.59. The number of ether oxygens (including phenoxy) is 2. The summed E-state index contributed by atoms with van der Waals surface area (Å²) in [4.78, 5) is 23.6. The van der Waals surface area contributed by atoms with E-state index < -0.39 is 12.1 Å². The average molecular weight is 327 g/mol. The number of esters is 1. The topological polar surface area (TPSA) is 64.6 Å². The zero-order valence-corrected chi connectivity index (χ0v) is 14.3. The fourth-order valence-corrected chi connectivity index (χ4v) is 2.23. The van der Waals surface area contributed by atoms with Gasteiger partial charge in [-0.25, -0.2) is 4.79 Å². The van der Waals surface area contributed by atoms with Crippen molar-refractivity contribution in [3.8, 4) is 5.75 Å². The van der Waals surface area contributed by atoms with Crippen molar-refractivity contribution in [2.75, 3.05) is 12.4 Å². The molecular formula is C19H21NO4. The molecule has 126 valence electrons. The highest BCUT2D eigenvalue weighted by Gasteiger charge is 2.16. The number of anilines is 1. The second kappa shape index (κ2) is 7.64. The number of rotatable bonds is 5. The van der Waals surface area contributed by atoms with Gasteiger partial charge in [0.15, 0.2) is 6.10 Å². The van der Waals surface area contributed by atoms with Gasteiger partial charge in [0.05, 0.1) is 12.7 Å². The van der Waals surface area contributed by atoms with Crippen LogP contribution in [0, 0.1) is 13.8 Å². The van der Waals surface area contributed by atoms with Crippen LogP contribution in [-0.2, 0) is 9.53 Å². The monoisotopic (exact) mass is 327 g/mol. The summed E-state index contributed by atoms with van der Waals surface area (Å²) in [5.74, 6) is 0.00417. The van der Waals surface area contributed by atoms with E-state index in [4.69, 9.17) is 4.74 Å². The molecule has 0 radical (unpaired) electrons. The molecule has 1 N–H and O–H groups in total. The van der Waals surface area contributed by atoms with Crippen LogP contribution in [0.1, 0.15) is 28.4 Å². The molecular weight excluding hydrogens is 306 g/mol. The lowest BCUT2D eigenvalue weighted by molar-refractivity contribution is -0.122. The second-order valence-electron chi connectivity index (χ2n) is 5.59. The van der Waals surface area contributed by atoms with Crippen molar-refractivity contribution in [3.05, 3.63) is 59.2 Å². The summed E-state index contributed by atoms with van der Waals surface area (Å²) in [5.41, 5.74) is 3.14. The van der Waals surface area contributed by atoms with Crippen LogP contribution in [0.15, 0.2) is 42.5 Å². The van der Waals surface area contributed by atoms with Crippen LogP contribution in [0.25, 0.3) is 0 Å². The number of hydrogen-bond acceptors (Lipinski definition) is 4. The number of methoxy groups -OCH3 is 1. The van der Waals surface area contributed by atoms with Crippen molar-refractivity contribution in [2.24, 2.45) is 0 Å². The molecule has 0 bridgehead atoms. The van der Waals surface area contributed by atoms with Crippen molar-refractivity contribution in [1.29, 1.82) is 0 Å². The number of hydrogen-bond donors (Lipinski definition) is 1. The first-order valence-electron chi connectivity index (χ1n) is 7.64. The third-order valence-corrected chi connectivity index (χ3v) is 3.58. The predicted molar refractivity (Wildman–Crippen MR) is 92.4 cm³/mol. The minimum atomic E-state index is -0.647. The largest absolute Gasteiger partial charge is 0.481 e. The lowest BCUT2D eigenvalue weighted by Crippen LogP contribution is -2.30. The SMILES string of the molecule is COC(=O)c1ccc(NC(=O)C(C)Oc2ccc(C)cc2C)cc1. The van der Waals surface area contributed by atoms with E-state index in [1.54, 1.807) is 31.2 Å². The van der Waals surface area contributed by atoms with Crippen LogP contribution in [0.4, 0.5) is 5.69 Å². The summed E-state index contributed by atoms with van der Waals surface area (Å²) in [5, 5.41) is 2.76. The summed E-state index contributed by atoms with van der Waals surface area (Å²) in [7, 11) is 1.32. The Bertz CT molecular complexity index is 738. The summed E-state index contributed by atoms with van der Waals surface area (Å²) < 4.78 is 10.4. The number of aryl methyl sites for hydroxylation is 2. The molecule has 2 rings (SSSR count). The smallest absolute Gasteiger partial charge is 0.337 e. The third-order valence-electron chi connectivity index (χ3n) is 3.58. The molecule has 0 aromatic heterocycles. The summed E-state index contributed by atoms with van der Waals surface area (Å²) >= 11 is 0. The highest BCUT2D eigenvalue weighted by molar-refractivity contribution is 5.95. The maximum absolute atomic E-state index is 12.2. The molecule has 1 amide bonds. The van der Waals surface area contributed by atoms with E-state index in [2.05, 4.69) is 10.1 Å². The van der Waals surface area contributed by atoms with E-state index >= 15 is 0 Å². The van der Waals surface area contributed by atoms with Crippen LogP contribution in [0.5, 0.6) is 5.75 Å². The van der Waals surface area contributed by atoms with E-state index in [0.29, 0.717) is 17.0 Å². The Kier molecular flexibility index (Phi) is 5.58. The van der Waals surface area contributed by atoms with E-state index in [-0.39, 0.29) is 5.91 Å². The maximum Gasteiger partial charge on any atom is 0.337 e. The molecule has 1 atom stereocenters. The van der Waals surface area contributed by atoms with Crippen molar-refractivity contribution in [2.45, 2.75) is 26.9 Å². The molecule has 1 unspecified atom stereocenters. The van der Waals surface area contributed by atoms with Crippen LogP contribution in [0.3, 0.4) is 0 Å². The molecule has 0 heterocycles. The van der Waals surface area contributed by atoms with Crippen LogP contribution < -0.4 is 10.1 Å². The highest BCUT2D eigenvalue weighted by atomic mass is 16.5. The van der Waals surface area contributed by atoms with Gasteiger partial charge in [-0.1, -0.05) is 17.7 Å². The Hall–Kier alpha value is -2.82. The van der Waals surface area contributed by atoms with Gasteiger partial charge in [-0.3, -0.25) is 4.79 Å². The first-order chi connectivity index (χ1) is 11.4. The third kappa shape index (κ3) is 4.35. The Morgan fingerprint density at radius 3 is 2.29 bits per heavy atom. The number of benzene rings is 2. The minimum Gasteiger partial charge on any atom is -0.481 e. The van der Waals surface area contributed by atoms with Gasteiger partial charge in [-0.05, 0) is 56.7 Å². The van der Waals surface area contributed by atoms with Gasteiger partial charge >= 0.3 is 5.97 Å². The summed E-state index contributed by atoms with van der Waals surface area (Å²) in [6, 6.07) is 12.3. The summed E-state index contributed by atoms with van der Waals surface area (Å²) in [6.45, 7) is 5.64. The molecule has 5 heteroatoms. The lowest BCUT2D eigenvalue weighted by atomic mass is 10.1. The highest BCUT2D eigenvalue weighted by Crippen LogP contribution is 2.20. The Labute approximate surface area is 141 Å². The number of carbonyl (C=O) groups is 2. The van der Waals surface area contributed by atoms with E-state index in [0.717, 1.165) is 11.1 Å². The molecule has 5 nitrogen and oxygen atoms in total. The van der Waals surface area contributed by atoms with Gasteiger partial charge < -0.3 is 14.8 Å². The van der Waals surface area contributed by atoms with E-state index in [1.165, 1.54) is 7.11 Å². The first-order valence-corrected chi connectivity index (χ1v) is 7.64. The molecule has 0 aliphatic heterocycles. The molecule has 0 aliphatic carbocycles. The van der Waals surface area contributed by atoms with Crippen LogP contribution in [0.2, 0.25) is 0 Å². The predicted octanol–water partition coefficient (Wildman–Crippen LogP) is 3.50. The van der Waals surface area contributed by atoms with Crippen molar-refractivity contribution in [3.63, 3.8) is 0 Å². The number of nitrogens with one attached hydrogen (secondary N) is 1.